The van der Waals surface area contributed by atoms with E-state index in [1.807, 2.05) is 0 Å². The smallest absolute Gasteiger partial charge is 0.399 e. The fourth-order valence-corrected chi connectivity index (χ4v) is 1.26. The Morgan fingerprint density at radius 3 is 2.62 bits per heavy atom. The highest BCUT2D eigenvalue weighted by atomic mass is 19.4. The summed E-state index contributed by atoms with van der Waals surface area (Å²) in [5.74, 6) is 0. The fourth-order valence-electron chi connectivity index (χ4n) is 1.26. The van der Waals surface area contributed by atoms with Gasteiger partial charge in [-0.2, -0.15) is 13.2 Å². The summed E-state index contributed by atoms with van der Waals surface area (Å²) in [5.41, 5.74) is 4.74. The Kier molecular flexibility index (Phi) is 3.82. The van der Waals surface area contributed by atoms with Gasteiger partial charge in [0.2, 0.25) is 0 Å². The molecular formula is C11H13F3N2. The molecule has 0 unspecified atom stereocenters. The third-order valence-corrected chi connectivity index (χ3v) is 2.01. The van der Waals surface area contributed by atoms with E-state index in [0.717, 1.165) is 6.07 Å². The largest absolute Gasteiger partial charge is 0.418 e. The van der Waals surface area contributed by atoms with Crippen molar-refractivity contribution >= 4 is 11.4 Å². The van der Waals surface area contributed by atoms with E-state index in [1.54, 1.807) is 6.08 Å². The molecule has 1 aromatic carbocycles. The highest BCUT2D eigenvalue weighted by molar-refractivity contribution is 5.59. The number of hydrogen-bond donors (Lipinski definition) is 2. The van der Waals surface area contributed by atoms with Crippen molar-refractivity contribution in [1.82, 2.24) is 0 Å². The summed E-state index contributed by atoms with van der Waals surface area (Å²) < 4.78 is 37.9. The van der Waals surface area contributed by atoms with Crippen molar-refractivity contribution in [1.29, 1.82) is 0 Å². The molecule has 0 saturated carbocycles. The van der Waals surface area contributed by atoms with Crippen molar-refractivity contribution < 1.29 is 13.2 Å². The van der Waals surface area contributed by atoms with Gasteiger partial charge in [0.1, 0.15) is 0 Å². The minimum Gasteiger partial charge on any atom is -0.399 e. The fraction of sp³-hybridized carbons (Fsp3) is 0.273. The van der Waals surface area contributed by atoms with Crippen LogP contribution in [0.3, 0.4) is 0 Å². The van der Waals surface area contributed by atoms with Crippen LogP contribution in [0.1, 0.15) is 12.0 Å². The normalized spacial score (nSPS) is 11.2. The molecule has 0 saturated heterocycles. The van der Waals surface area contributed by atoms with Gasteiger partial charge in [0.05, 0.1) is 5.56 Å². The van der Waals surface area contributed by atoms with Crippen molar-refractivity contribution in [3.05, 3.63) is 36.4 Å². The van der Waals surface area contributed by atoms with E-state index >= 15 is 0 Å². The quantitative estimate of drug-likeness (QED) is 0.473. The van der Waals surface area contributed by atoms with Crippen LogP contribution in [0.15, 0.2) is 30.9 Å². The Labute approximate surface area is 92.0 Å². The number of halogens is 3. The molecule has 1 aromatic rings. The van der Waals surface area contributed by atoms with Crippen LogP contribution in [-0.4, -0.2) is 6.54 Å². The Morgan fingerprint density at radius 2 is 2.06 bits per heavy atom. The maximum Gasteiger partial charge on any atom is 0.418 e. The lowest BCUT2D eigenvalue weighted by atomic mass is 10.1. The number of nitrogens with one attached hydrogen (secondary N) is 1. The molecule has 0 aliphatic carbocycles. The van der Waals surface area contributed by atoms with Crippen molar-refractivity contribution in [2.24, 2.45) is 0 Å². The van der Waals surface area contributed by atoms with Crippen molar-refractivity contribution in [2.45, 2.75) is 12.6 Å². The maximum atomic E-state index is 12.6. The van der Waals surface area contributed by atoms with E-state index in [-0.39, 0.29) is 11.4 Å². The number of hydrogen-bond acceptors (Lipinski definition) is 2. The minimum absolute atomic E-state index is 0.0450. The van der Waals surface area contributed by atoms with Crippen LogP contribution in [0.4, 0.5) is 24.5 Å². The van der Waals surface area contributed by atoms with Crippen LogP contribution in [0.25, 0.3) is 0 Å². The first-order chi connectivity index (χ1) is 7.45. The number of nitrogen functional groups attached to an aromatic ring is 1. The number of alkyl halides is 3. The Hall–Kier alpha value is -1.65. The van der Waals surface area contributed by atoms with Crippen LogP contribution in [-0.2, 0) is 6.18 Å². The van der Waals surface area contributed by atoms with E-state index in [9.17, 15) is 13.2 Å². The Balaban J connectivity index is 2.94. The molecule has 0 radical (unpaired) electrons. The third-order valence-electron chi connectivity index (χ3n) is 2.01. The van der Waals surface area contributed by atoms with Gasteiger partial charge in [0.25, 0.3) is 0 Å². The zero-order valence-electron chi connectivity index (χ0n) is 8.64. The lowest BCUT2D eigenvalue weighted by molar-refractivity contribution is -0.136. The zero-order valence-corrected chi connectivity index (χ0v) is 8.64. The number of rotatable bonds is 4. The summed E-state index contributed by atoms with van der Waals surface area (Å²) in [4.78, 5) is 0. The summed E-state index contributed by atoms with van der Waals surface area (Å²) in [7, 11) is 0. The first-order valence-corrected chi connectivity index (χ1v) is 4.76. The number of nitrogens with two attached hydrogens (primary N) is 1. The lowest BCUT2D eigenvalue weighted by Crippen LogP contribution is -2.12. The molecule has 0 spiro atoms. The van der Waals surface area contributed by atoms with Crippen molar-refractivity contribution in [2.75, 3.05) is 17.6 Å². The molecule has 0 aliphatic heterocycles. The SMILES string of the molecule is C=CCCNc1ccc(N)cc1C(F)(F)F. The van der Waals surface area contributed by atoms with E-state index < -0.39 is 11.7 Å². The molecule has 3 N–H and O–H groups in total. The van der Waals surface area contributed by atoms with Crippen LogP contribution in [0.5, 0.6) is 0 Å². The number of benzene rings is 1. The van der Waals surface area contributed by atoms with Crippen LogP contribution in [0.2, 0.25) is 0 Å². The predicted molar refractivity (Wildman–Crippen MR) is 59.2 cm³/mol. The lowest BCUT2D eigenvalue weighted by Gasteiger charge is -2.14. The molecule has 2 nitrogen and oxygen atoms in total. The third kappa shape index (κ3) is 3.18. The first-order valence-electron chi connectivity index (χ1n) is 4.76. The summed E-state index contributed by atoms with van der Waals surface area (Å²) in [5, 5.41) is 2.70. The first kappa shape index (κ1) is 12.4. The second-order valence-electron chi connectivity index (χ2n) is 3.31. The van der Waals surface area contributed by atoms with Gasteiger partial charge in [-0.05, 0) is 24.6 Å². The molecule has 88 valence electrons. The molecule has 0 bridgehead atoms. The molecule has 16 heavy (non-hydrogen) atoms. The maximum absolute atomic E-state index is 12.6. The summed E-state index contributed by atoms with van der Waals surface area (Å²) >= 11 is 0. The van der Waals surface area contributed by atoms with Gasteiger partial charge in [0.15, 0.2) is 0 Å². The molecule has 1 rings (SSSR count). The number of anilines is 2. The van der Waals surface area contributed by atoms with Crippen LogP contribution >= 0.6 is 0 Å². The molecule has 0 aliphatic rings. The van der Waals surface area contributed by atoms with Gasteiger partial charge in [-0.25, -0.2) is 0 Å². The second kappa shape index (κ2) is 4.92. The van der Waals surface area contributed by atoms with Gasteiger partial charge >= 0.3 is 6.18 Å². The summed E-state index contributed by atoms with van der Waals surface area (Å²) in [6.45, 7) is 3.91. The molecule has 0 fully saturated rings. The van der Waals surface area contributed by atoms with Crippen molar-refractivity contribution in [3.63, 3.8) is 0 Å². The monoisotopic (exact) mass is 230 g/mol. The molecular weight excluding hydrogens is 217 g/mol. The Morgan fingerprint density at radius 1 is 1.38 bits per heavy atom. The summed E-state index contributed by atoms with van der Waals surface area (Å²) in [6, 6.07) is 3.70. The highest BCUT2D eigenvalue weighted by Gasteiger charge is 2.33. The van der Waals surface area contributed by atoms with E-state index in [1.165, 1.54) is 12.1 Å². The van der Waals surface area contributed by atoms with E-state index in [4.69, 9.17) is 5.73 Å². The molecule has 0 aromatic heterocycles. The van der Waals surface area contributed by atoms with Gasteiger partial charge in [-0.1, -0.05) is 6.08 Å². The molecule has 5 heteroatoms. The van der Waals surface area contributed by atoms with Gasteiger partial charge in [-0.3, -0.25) is 0 Å². The Bertz CT molecular complexity index is 372. The summed E-state index contributed by atoms with van der Waals surface area (Å²) in [6.07, 6.45) is -2.16. The second-order valence-corrected chi connectivity index (χ2v) is 3.31. The molecule has 0 amide bonds. The van der Waals surface area contributed by atoms with Gasteiger partial charge < -0.3 is 11.1 Å². The predicted octanol–water partition coefficient (Wildman–Crippen LogP) is 3.28. The zero-order chi connectivity index (χ0) is 12.2. The average molecular weight is 230 g/mol. The van der Waals surface area contributed by atoms with Crippen LogP contribution < -0.4 is 11.1 Å². The van der Waals surface area contributed by atoms with Gasteiger partial charge in [-0.15, -0.1) is 6.58 Å². The minimum atomic E-state index is -4.40. The standard InChI is InChI=1S/C11H13F3N2/c1-2-3-6-16-10-5-4-8(15)7-9(10)11(12,13)14/h2,4-5,7,16H,1,3,6,15H2. The molecule has 0 heterocycles. The topological polar surface area (TPSA) is 38.0 Å². The van der Waals surface area contributed by atoms with Crippen LogP contribution in [0, 0.1) is 0 Å². The van der Waals surface area contributed by atoms with E-state index in [2.05, 4.69) is 11.9 Å². The highest BCUT2D eigenvalue weighted by Crippen LogP contribution is 2.35. The van der Waals surface area contributed by atoms with Crippen molar-refractivity contribution in [3.8, 4) is 0 Å². The van der Waals surface area contributed by atoms with Gasteiger partial charge in [0, 0.05) is 17.9 Å². The molecule has 0 atom stereocenters. The average Bonchev–Trinajstić information content (AvgIpc) is 2.19. The van der Waals surface area contributed by atoms with E-state index in [0.29, 0.717) is 13.0 Å².